The lowest BCUT2D eigenvalue weighted by atomic mass is 9.87. The Morgan fingerprint density at radius 1 is 0.951 bits per heavy atom. The molecule has 5 aromatic rings. The van der Waals surface area contributed by atoms with Gasteiger partial charge in [0.05, 0.1) is 46.7 Å². The Morgan fingerprint density at radius 3 is 2.63 bits per heavy atom. The van der Waals surface area contributed by atoms with Crippen molar-refractivity contribution < 1.29 is 4.79 Å². The van der Waals surface area contributed by atoms with Crippen molar-refractivity contribution in [3.63, 3.8) is 0 Å². The van der Waals surface area contributed by atoms with Crippen molar-refractivity contribution in [2.45, 2.75) is 38.5 Å². The van der Waals surface area contributed by atoms with Crippen molar-refractivity contribution in [1.82, 2.24) is 40.0 Å². The summed E-state index contributed by atoms with van der Waals surface area (Å²) in [5, 5.41) is 10.7. The standard InChI is InChI=1S/C30H34N10O/c1-39-9-11-40(12-10-39)25-18-32-17-24-27(25)36-30(35-24)29-28-23(37-38-29)8-7-22(34-28)20-14-21(16-31-15-20)33-26(41)13-19-5-3-2-4-6-19/h7-8,14-19H,2-6,9-13H2,1H3,(H,33,41)(H,35,36)(H,37,38). The van der Waals surface area contributed by atoms with Crippen LogP contribution >= 0.6 is 0 Å². The first-order valence-corrected chi connectivity index (χ1v) is 14.5. The summed E-state index contributed by atoms with van der Waals surface area (Å²) in [5.41, 5.74) is 7.19. The van der Waals surface area contributed by atoms with Gasteiger partial charge in [0.15, 0.2) is 11.5 Å². The molecule has 11 heteroatoms. The summed E-state index contributed by atoms with van der Waals surface area (Å²) in [6.45, 7) is 3.88. The first-order valence-electron chi connectivity index (χ1n) is 14.5. The molecule has 0 aromatic carbocycles. The molecule has 0 bridgehead atoms. The second-order valence-electron chi connectivity index (χ2n) is 11.3. The minimum absolute atomic E-state index is 0.0479. The number of carbonyl (C=O) groups excluding carboxylic acids is 1. The number of aromatic amines is 2. The topological polar surface area (TPSA) is 132 Å². The van der Waals surface area contributed by atoms with Gasteiger partial charge in [0.25, 0.3) is 0 Å². The molecule has 0 spiro atoms. The summed E-state index contributed by atoms with van der Waals surface area (Å²) in [6, 6.07) is 5.82. The van der Waals surface area contributed by atoms with E-state index in [1.165, 1.54) is 19.3 Å². The second-order valence-corrected chi connectivity index (χ2v) is 11.3. The molecule has 1 aliphatic carbocycles. The Bertz CT molecular complexity index is 1690. The highest BCUT2D eigenvalue weighted by Crippen LogP contribution is 2.31. The van der Waals surface area contributed by atoms with Crippen molar-refractivity contribution in [3.05, 3.63) is 43.0 Å². The summed E-state index contributed by atoms with van der Waals surface area (Å²) in [7, 11) is 2.15. The van der Waals surface area contributed by atoms with E-state index < -0.39 is 0 Å². The summed E-state index contributed by atoms with van der Waals surface area (Å²) >= 11 is 0. The largest absolute Gasteiger partial charge is 0.366 e. The van der Waals surface area contributed by atoms with Gasteiger partial charge in [-0.2, -0.15) is 5.10 Å². The molecule has 7 rings (SSSR count). The number of imidazole rings is 1. The summed E-state index contributed by atoms with van der Waals surface area (Å²) < 4.78 is 0. The van der Waals surface area contributed by atoms with Crippen molar-refractivity contribution in [2.75, 3.05) is 43.4 Å². The van der Waals surface area contributed by atoms with Crippen LogP contribution in [0.3, 0.4) is 0 Å². The van der Waals surface area contributed by atoms with Crippen LogP contribution in [0.4, 0.5) is 11.4 Å². The number of pyridine rings is 3. The van der Waals surface area contributed by atoms with Crippen LogP contribution in [0.5, 0.6) is 0 Å². The zero-order chi connectivity index (χ0) is 27.8. The van der Waals surface area contributed by atoms with Crippen LogP contribution in [0.2, 0.25) is 0 Å². The molecule has 1 amide bonds. The van der Waals surface area contributed by atoms with Crippen LogP contribution in [0, 0.1) is 5.92 Å². The van der Waals surface area contributed by atoms with Gasteiger partial charge in [-0.3, -0.25) is 19.9 Å². The summed E-state index contributed by atoms with van der Waals surface area (Å²) in [4.78, 5) is 39.5. The number of hydrogen-bond acceptors (Lipinski definition) is 8. The van der Waals surface area contributed by atoms with Crippen LogP contribution in [0.15, 0.2) is 43.0 Å². The minimum Gasteiger partial charge on any atom is -0.366 e. The molecule has 1 saturated heterocycles. The van der Waals surface area contributed by atoms with Gasteiger partial charge in [0, 0.05) is 44.4 Å². The van der Waals surface area contributed by atoms with Gasteiger partial charge in [0.1, 0.15) is 11.0 Å². The maximum absolute atomic E-state index is 12.7. The molecule has 3 N–H and O–H groups in total. The molecule has 41 heavy (non-hydrogen) atoms. The van der Waals surface area contributed by atoms with Crippen LogP contribution < -0.4 is 10.2 Å². The lowest BCUT2D eigenvalue weighted by molar-refractivity contribution is -0.117. The highest BCUT2D eigenvalue weighted by atomic mass is 16.1. The number of carbonyl (C=O) groups is 1. The number of aromatic nitrogens is 7. The minimum atomic E-state index is 0.0479. The molecule has 0 atom stereocenters. The lowest BCUT2D eigenvalue weighted by Gasteiger charge is -2.33. The highest BCUT2D eigenvalue weighted by Gasteiger charge is 2.21. The molecule has 11 nitrogen and oxygen atoms in total. The van der Waals surface area contributed by atoms with E-state index in [0.29, 0.717) is 35.1 Å². The second kappa shape index (κ2) is 10.9. The van der Waals surface area contributed by atoms with Crippen molar-refractivity contribution in [1.29, 1.82) is 0 Å². The predicted molar refractivity (Wildman–Crippen MR) is 160 cm³/mol. The van der Waals surface area contributed by atoms with E-state index in [2.05, 4.69) is 47.3 Å². The number of anilines is 2. The Hall–Kier alpha value is -4.38. The number of nitrogens with one attached hydrogen (secondary N) is 3. The first kappa shape index (κ1) is 25.6. The quantitative estimate of drug-likeness (QED) is 0.279. The number of piperazine rings is 1. The predicted octanol–water partition coefficient (Wildman–Crippen LogP) is 4.62. The normalized spacial score (nSPS) is 17.0. The van der Waals surface area contributed by atoms with Gasteiger partial charge in [-0.15, -0.1) is 0 Å². The van der Waals surface area contributed by atoms with Gasteiger partial charge in [-0.25, -0.2) is 9.97 Å². The Kier molecular flexibility index (Phi) is 6.79. The number of fused-ring (bicyclic) bond motifs is 2. The molecular formula is C30H34N10O. The van der Waals surface area contributed by atoms with E-state index in [0.717, 1.165) is 72.5 Å². The molecule has 0 unspecified atom stereocenters. The Balaban J connectivity index is 1.16. The third kappa shape index (κ3) is 5.24. The lowest BCUT2D eigenvalue weighted by Crippen LogP contribution is -2.44. The number of H-pyrrole nitrogens is 2. The fraction of sp³-hybridized carbons (Fsp3) is 0.400. The molecule has 5 aromatic heterocycles. The van der Waals surface area contributed by atoms with Gasteiger partial charge in [-0.05, 0) is 44.0 Å². The number of nitrogens with zero attached hydrogens (tertiary/aromatic N) is 7. The zero-order valence-corrected chi connectivity index (χ0v) is 23.2. The smallest absolute Gasteiger partial charge is 0.224 e. The van der Waals surface area contributed by atoms with E-state index in [-0.39, 0.29) is 5.91 Å². The summed E-state index contributed by atoms with van der Waals surface area (Å²) in [5.74, 6) is 1.17. The van der Waals surface area contributed by atoms with Gasteiger partial charge in [-0.1, -0.05) is 19.3 Å². The Morgan fingerprint density at radius 2 is 1.78 bits per heavy atom. The molecule has 1 aliphatic heterocycles. The van der Waals surface area contributed by atoms with E-state index in [1.807, 2.05) is 24.4 Å². The number of amides is 1. The molecule has 1 saturated carbocycles. The number of likely N-dealkylation sites (N-methyl/N-ethyl adjacent to an activating group) is 1. The van der Waals surface area contributed by atoms with Gasteiger partial charge < -0.3 is 20.1 Å². The monoisotopic (exact) mass is 550 g/mol. The molecule has 0 radical (unpaired) electrons. The van der Waals surface area contributed by atoms with Crippen molar-refractivity contribution in [2.24, 2.45) is 5.92 Å². The number of hydrogen-bond donors (Lipinski definition) is 3. The van der Waals surface area contributed by atoms with Crippen LogP contribution in [0.25, 0.3) is 44.8 Å². The van der Waals surface area contributed by atoms with Crippen molar-refractivity contribution >= 4 is 39.3 Å². The third-order valence-electron chi connectivity index (χ3n) is 8.37. The average Bonchev–Trinajstić information content (AvgIpc) is 3.62. The zero-order valence-electron chi connectivity index (χ0n) is 23.2. The molecular weight excluding hydrogens is 516 g/mol. The van der Waals surface area contributed by atoms with Crippen LogP contribution in [-0.4, -0.2) is 79.2 Å². The van der Waals surface area contributed by atoms with Gasteiger partial charge in [0.2, 0.25) is 5.91 Å². The maximum Gasteiger partial charge on any atom is 0.224 e. The first-order chi connectivity index (χ1) is 20.1. The average molecular weight is 551 g/mol. The molecule has 210 valence electrons. The van der Waals surface area contributed by atoms with Crippen LogP contribution in [0.1, 0.15) is 38.5 Å². The summed E-state index contributed by atoms with van der Waals surface area (Å²) in [6.07, 6.45) is 13.7. The highest BCUT2D eigenvalue weighted by molar-refractivity contribution is 5.95. The molecule has 6 heterocycles. The fourth-order valence-corrected chi connectivity index (χ4v) is 6.05. The Labute approximate surface area is 237 Å². The fourth-order valence-electron chi connectivity index (χ4n) is 6.05. The van der Waals surface area contributed by atoms with Gasteiger partial charge >= 0.3 is 0 Å². The van der Waals surface area contributed by atoms with Crippen molar-refractivity contribution in [3.8, 4) is 22.8 Å². The van der Waals surface area contributed by atoms with E-state index >= 15 is 0 Å². The molecule has 2 fully saturated rings. The van der Waals surface area contributed by atoms with E-state index in [1.54, 1.807) is 18.6 Å². The number of rotatable bonds is 6. The maximum atomic E-state index is 12.7. The SMILES string of the molecule is CN1CCN(c2cncc3[nH]c(-c4n[nH]c5ccc(-c6cncc(NC(=O)CC7CCCCC7)c6)nc45)nc23)CC1. The van der Waals surface area contributed by atoms with E-state index in [4.69, 9.17) is 9.97 Å². The van der Waals surface area contributed by atoms with E-state index in [9.17, 15) is 4.79 Å². The molecule has 2 aliphatic rings. The third-order valence-corrected chi connectivity index (χ3v) is 8.37. The van der Waals surface area contributed by atoms with Crippen LogP contribution in [-0.2, 0) is 4.79 Å².